The van der Waals surface area contributed by atoms with Gasteiger partial charge in [-0.15, -0.1) is 0 Å². The Hall–Kier alpha value is -6.70. The van der Waals surface area contributed by atoms with E-state index >= 15 is 0 Å². The molecule has 0 bridgehead atoms. The lowest BCUT2D eigenvalue weighted by atomic mass is 10.1. The van der Waals surface area contributed by atoms with E-state index in [1.54, 1.807) is 49.6 Å². The third-order valence-electron chi connectivity index (χ3n) is 7.85. The molecule has 0 unspecified atom stereocenters. The Morgan fingerprint density at radius 1 is 0.635 bits per heavy atom. The van der Waals surface area contributed by atoms with E-state index < -0.39 is 16.6 Å². The molecule has 12 nitrogen and oxygen atoms in total. The van der Waals surface area contributed by atoms with Crippen LogP contribution >= 0.6 is 0 Å². The first kappa shape index (κ1) is 36.6. The van der Waals surface area contributed by atoms with Gasteiger partial charge in [-0.1, -0.05) is 24.3 Å². The molecule has 2 N–H and O–H groups in total. The van der Waals surface area contributed by atoms with Crippen LogP contribution in [0.2, 0.25) is 0 Å². The first-order valence-electron chi connectivity index (χ1n) is 15.7. The molecule has 52 heavy (non-hydrogen) atoms. The second-order valence-corrected chi connectivity index (χ2v) is 11.1. The predicted octanol–water partition coefficient (Wildman–Crippen LogP) is 7.27. The third kappa shape index (κ3) is 8.53. The largest absolute Gasteiger partial charge is 0.495 e. The minimum absolute atomic E-state index is 0.0993. The number of nitro benzene ring substituents is 1. The molecular formula is C38H34F2N6O6. The van der Waals surface area contributed by atoms with Crippen molar-refractivity contribution in [1.29, 1.82) is 0 Å². The fraction of sp³-hybridized carbons (Fsp3) is 0.158. The van der Waals surface area contributed by atoms with Gasteiger partial charge in [-0.3, -0.25) is 10.1 Å². The van der Waals surface area contributed by atoms with Gasteiger partial charge in [0.2, 0.25) is 0 Å². The minimum Gasteiger partial charge on any atom is -0.495 e. The van der Waals surface area contributed by atoms with Gasteiger partial charge in [0.05, 0.1) is 50.4 Å². The van der Waals surface area contributed by atoms with Gasteiger partial charge in [0.25, 0.3) is 0 Å². The molecule has 2 aromatic heterocycles. The van der Waals surface area contributed by atoms with Crippen LogP contribution in [0.15, 0.2) is 97.6 Å². The highest BCUT2D eigenvalue weighted by Gasteiger charge is 2.17. The highest BCUT2D eigenvalue weighted by atomic mass is 19.1. The van der Waals surface area contributed by atoms with Crippen LogP contribution in [-0.2, 0) is 12.8 Å². The number of nitrogens with two attached hydrogens (primary N) is 1. The average molecular weight is 709 g/mol. The lowest BCUT2D eigenvalue weighted by molar-refractivity contribution is -0.385. The maximum Gasteiger partial charge on any atom is 0.311 e. The third-order valence-corrected chi connectivity index (χ3v) is 7.85. The molecule has 14 heteroatoms. The molecule has 0 atom stereocenters. The summed E-state index contributed by atoms with van der Waals surface area (Å²) in [5, 5.41) is 11.2. The Morgan fingerprint density at radius 2 is 1.12 bits per heavy atom. The number of benzene rings is 4. The molecular weight excluding hydrogens is 674 g/mol. The number of ether oxygens (including phenoxy) is 4. The van der Waals surface area contributed by atoms with Crippen LogP contribution in [0.5, 0.6) is 23.0 Å². The van der Waals surface area contributed by atoms with E-state index in [0.29, 0.717) is 58.1 Å². The lowest BCUT2D eigenvalue weighted by Gasteiger charge is -2.10. The maximum atomic E-state index is 13.9. The number of anilines is 1. The summed E-state index contributed by atoms with van der Waals surface area (Å²) in [6, 6.07) is 23.2. The second kappa shape index (κ2) is 16.8. The van der Waals surface area contributed by atoms with E-state index in [4.69, 9.17) is 24.7 Å². The lowest BCUT2D eigenvalue weighted by Crippen LogP contribution is -1.99. The zero-order valence-corrected chi connectivity index (χ0v) is 28.7. The zero-order valence-electron chi connectivity index (χ0n) is 28.7. The topological polar surface area (TPSA) is 158 Å². The van der Waals surface area contributed by atoms with Gasteiger partial charge < -0.3 is 24.7 Å². The summed E-state index contributed by atoms with van der Waals surface area (Å²) in [6.45, 7) is 0. The van der Waals surface area contributed by atoms with Gasteiger partial charge in [0.1, 0.15) is 18.4 Å². The number of nitrogens with zero attached hydrogens (tertiary/aromatic N) is 5. The van der Waals surface area contributed by atoms with E-state index in [9.17, 15) is 18.9 Å². The van der Waals surface area contributed by atoms with Gasteiger partial charge in [-0.25, -0.2) is 28.7 Å². The average Bonchev–Trinajstić information content (AvgIpc) is 3.15. The number of nitro groups is 1. The van der Waals surface area contributed by atoms with Crippen molar-refractivity contribution in [2.24, 2.45) is 0 Å². The number of nitrogen functional groups attached to an aromatic ring is 1. The Balaban J connectivity index is 0.000000202. The monoisotopic (exact) mass is 708 g/mol. The Kier molecular flexibility index (Phi) is 11.8. The van der Waals surface area contributed by atoms with Crippen molar-refractivity contribution in [1.82, 2.24) is 19.9 Å². The molecule has 266 valence electrons. The highest BCUT2D eigenvalue weighted by molar-refractivity contribution is 5.68. The summed E-state index contributed by atoms with van der Waals surface area (Å²) in [4.78, 5) is 27.6. The van der Waals surface area contributed by atoms with Gasteiger partial charge in [-0.05, 0) is 65.7 Å². The van der Waals surface area contributed by atoms with Crippen LogP contribution in [0.1, 0.15) is 22.5 Å². The fourth-order valence-electron chi connectivity index (χ4n) is 5.42. The first-order chi connectivity index (χ1) is 25.1. The van der Waals surface area contributed by atoms with E-state index in [1.165, 1.54) is 52.2 Å². The number of halogens is 2. The summed E-state index contributed by atoms with van der Waals surface area (Å²) in [5.41, 5.74) is 11.7. The Morgan fingerprint density at radius 3 is 1.56 bits per heavy atom. The van der Waals surface area contributed by atoms with Gasteiger partial charge in [0.15, 0.2) is 28.9 Å². The minimum atomic E-state index is -0.495. The molecule has 6 rings (SSSR count). The van der Waals surface area contributed by atoms with Crippen molar-refractivity contribution in [3.05, 3.63) is 142 Å². The normalized spacial score (nSPS) is 10.5. The van der Waals surface area contributed by atoms with Crippen LogP contribution in [0, 0.1) is 21.7 Å². The fourth-order valence-corrected chi connectivity index (χ4v) is 5.42. The molecule has 2 heterocycles. The summed E-state index contributed by atoms with van der Waals surface area (Å²) in [6.07, 6.45) is 3.74. The van der Waals surface area contributed by atoms with Crippen LogP contribution in [0.25, 0.3) is 22.5 Å². The predicted molar refractivity (Wildman–Crippen MR) is 191 cm³/mol. The molecule has 0 aliphatic rings. The van der Waals surface area contributed by atoms with Crippen molar-refractivity contribution in [2.45, 2.75) is 12.8 Å². The van der Waals surface area contributed by atoms with Crippen LogP contribution in [0.3, 0.4) is 0 Å². The molecule has 0 fully saturated rings. The van der Waals surface area contributed by atoms with E-state index in [2.05, 4.69) is 19.9 Å². The smallest absolute Gasteiger partial charge is 0.311 e. The summed E-state index contributed by atoms with van der Waals surface area (Å²) in [5.74, 6) is 0.181. The molecule has 4 aromatic carbocycles. The summed E-state index contributed by atoms with van der Waals surface area (Å²) >= 11 is 0. The van der Waals surface area contributed by atoms with Crippen LogP contribution in [-0.4, -0.2) is 53.3 Å². The number of hydrogen-bond acceptors (Lipinski definition) is 11. The van der Waals surface area contributed by atoms with Crippen molar-refractivity contribution in [2.75, 3.05) is 34.2 Å². The van der Waals surface area contributed by atoms with Crippen LogP contribution in [0.4, 0.5) is 20.2 Å². The Bertz CT molecular complexity index is 2200. The van der Waals surface area contributed by atoms with Crippen molar-refractivity contribution in [3.8, 4) is 45.5 Å². The van der Waals surface area contributed by atoms with Crippen molar-refractivity contribution < 1.29 is 32.7 Å². The molecule has 0 aliphatic carbocycles. The maximum absolute atomic E-state index is 13.9. The second-order valence-electron chi connectivity index (χ2n) is 11.1. The molecule has 0 radical (unpaired) electrons. The van der Waals surface area contributed by atoms with Crippen LogP contribution < -0.4 is 24.7 Å². The number of rotatable bonds is 11. The van der Waals surface area contributed by atoms with Gasteiger partial charge in [-0.2, -0.15) is 0 Å². The molecule has 0 aliphatic heterocycles. The quantitative estimate of drug-likeness (QED) is 0.0820. The summed E-state index contributed by atoms with van der Waals surface area (Å²) in [7, 11) is 5.78. The van der Waals surface area contributed by atoms with Crippen molar-refractivity contribution >= 4 is 11.4 Å². The standard InChI is InChI=1S/C19H16FN3O4.C19H18FN3O2/c1-26-18-7-6-12(9-17(18)23(24)25)8-13-10-16(22-11-21-13)14-4-3-5-15(20)19(14)27-2;1-24-18-7-6-12(9-16(18)21)8-13-10-17(23-11-22-13)14-4-3-5-15(20)19(14)25-2/h3-7,9-11H,8H2,1-2H3;3-7,9-11H,8,21H2,1-2H3. The summed E-state index contributed by atoms with van der Waals surface area (Å²) < 4.78 is 48.3. The first-order valence-corrected chi connectivity index (χ1v) is 15.7. The highest BCUT2D eigenvalue weighted by Crippen LogP contribution is 2.33. The van der Waals surface area contributed by atoms with Crippen molar-refractivity contribution in [3.63, 3.8) is 0 Å². The zero-order chi connectivity index (χ0) is 37.2. The van der Waals surface area contributed by atoms with E-state index in [-0.39, 0.29) is 22.9 Å². The molecule has 0 amide bonds. The van der Waals surface area contributed by atoms with E-state index in [1.807, 2.05) is 24.3 Å². The molecule has 6 aromatic rings. The van der Waals surface area contributed by atoms with Gasteiger partial charge >= 0.3 is 5.69 Å². The van der Waals surface area contributed by atoms with Gasteiger partial charge in [0, 0.05) is 41.4 Å². The number of para-hydroxylation sites is 2. The number of hydrogen-bond donors (Lipinski definition) is 1. The Labute approximate surface area is 298 Å². The molecule has 0 spiro atoms. The van der Waals surface area contributed by atoms with E-state index in [0.717, 1.165) is 11.3 Å². The SMILES string of the molecule is COc1ccc(Cc2cc(-c3cccc(F)c3OC)ncn2)cc1N.COc1ccc(Cc2cc(-c3cccc(F)c3OC)ncn2)cc1[N+](=O)[O-]. The number of methoxy groups -OCH3 is 4. The molecule has 0 saturated carbocycles. The number of aromatic nitrogens is 4. The molecule has 0 saturated heterocycles.